The minimum atomic E-state index is 0.173. The van der Waals surface area contributed by atoms with Crippen LogP contribution < -0.4 is 5.32 Å². The van der Waals surface area contributed by atoms with E-state index in [0.29, 0.717) is 5.15 Å². The van der Waals surface area contributed by atoms with E-state index in [1.165, 1.54) is 6.33 Å². The number of hydrogen-bond acceptors (Lipinski definition) is 4. The van der Waals surface area contributed by atoms with Crippen molar-refractivity contribution < 1.29 is 0 Å². The summed E-state index contributed by atoms with van der Waals surface area (Å²) in [4.78, 5) is 10.5. The van der Waals surface area contributed by atoms with Gasteiger partial charge in [0.15, 0.2) is 0 Å². The maximum atomic E-state index is 6.06. The molecule has 0 aliphatic heterocycles. The first-order chi connectivity index (χ1) is 8.35. The Hall–Kier alpha value is -0.870. The normalized spacial score (nSPS) is 11.9. The first-order valence-electron chi connectivity index (χ1n) is 6.23. The molecular weight excluding hydrogens is 248 g/mol. The summed E-state index contributed by atoms with van der Waals surface area (Å²) < 4.78 is 0. The van der Waals surface area contributed by atoms with Crippen molar-refractivity contribution >= 4 is 17.4 Å². The van der Waals surface area contributed by atoms with E-state index in [0.717, 1.165) is 30.9 Å². The van der Waals surface area contributed by atoms with Crippen LogP contribution in [0, 0.1) is 5.41 Å². The molecule has 0 unspecified atom stereocenters. The molecule has 0 aliphatic carbocycles. The molecule has 0 aromatic carbocycles. The smallest absolute Gasteiger partial charge is 0.137 e. The summed E-state index contributed by atoms with van der Waals surface area (Å²) in [6.07, 6.45) is 2.33. The highest BCUT2D eigenvalue weighted by Crippen LogP contribution is 2.22. The lowest BCUT2D eigenvalue weighted by molar-refractivity contribution is 0.254. The zero-order valence-corrected chi connectivity index (χ0v) is 12.7. The van der Waals surface area contributed by atoms with E-state index in [-0.39, 0.29) is 5.41 Å². The van der Waals surface area contributed by atoms with Crippen LogP contribution in [-0.4, -0.2) is 42.1 Å². The number of rotatable bonds is 6. The van der Waals surface area contributed by atoms with Crippen molar-refractivity contribution in [1.29, 1.82) is 0 Å². The molecule has 0 aliphatic rings. The molecule has 1 rings (SSSR count). The van der Waals surface area contributed by atoms with Crippen LogP contribution in [0.1, 0.15) is 26.3 Å². The summed E-state index contributed by atoms with van der Waals surface area (Å²) in [6, 6.07) is 0. The van der Waals surface area contributed by atoms with Gasteiger partial charge in [-0.2, -0.15) is 0 Å². The number of aromatic nitrogens is 2. The molecule has 1 aromatic rings. The zero-order chi connectivity index (χ0) is 13.8. The molecule has 4 nitrogen and oxygen atoms in total. The van der Waals surface area contributed by atoms with E-state index in [1.54, 1.807) is 0 Å². The van der Waals surface area contributed by atoms with Gasteiger partial charge in [0, 0.05) is 18.7 Å². The fourth-order valence-electron chi connectivity index (χ4n) is 2.09. The van der Waals surface area contributed by atoms with E-state index in [4.69, 9.17) is 11.6 Å². The minimum Gasteiger partial charge on any atom is -0.369 e. The molecule has 0 spiro atoms. The second-order valence-electron chi connectivity index (χ2n) is 5.60. The van der Waals surface area contributed by atoms with Crippen molar-refractivity contribution in [3.8, 4) is 0 Å². The van der Waals surface area contributed by atoms with E-state index in [9.17, 15) is 0 Å². The van der Waals surface area contributed by atoms with Gasteiger partial charge in [0.2, 0.25) is 0 Å². The number of nitrogens with zero attached hydrogens (tertiary/aromatic N) is 3. The topological polar surface area (TPSA) is 41.1 Å². The van der Waals surface area contributed by atoms with Gasteiger partial charge in [-0.1, -0.05) is 32.4 Å². The Morgan fingerprint density at radius 2 is 2.00 bits per heavy atom. The van der Waals surface area contributed by atoms with Crippen LogP contribution in [0.15, 0.2) is 6.33 Å². The van der Waals surface area contributed by atoms with Crippen LogP contribution in [0.25, 0.3) is 0 Å². The molecule has 102 valence electrons. The number of anilines is 1. The van der Waals surface area contributed by atoms with Crippen LogP contribution in [0.3, 0.4) is 0 Å². The average Bonchev–Trinajstić information content (AvgIpc) is 2.24. The molecule has 0 amide bonds. The second kappa shape index (κ2) is 6.34. The van der Waals surface area contributed by atoms with E-state index >= 15 is 0 Å². The molecule has 1 aromatic heterocycles. The second-order valence-corrected chi connectivity index (χ2v) is 5.96. The molecule has 0 fully saturated rings. The summed E-state index contributed by atoms with van der Waals surface area (Å²) in [5, 5.41) is 3.93. The Labute approximate surface area is 115 Å². The first-order valence-corrected chi connectivity index (χ1v) is 6.61. The Morgan fingerprint density at radius 1 is 1.33 bits per heavy atom. The number of nitrogens with one attached hydrogen (secondary N) is 1. The quantitative estimate of drug-likeness (QED) is 0.807. The summed E-state index contributed by atoms with van der Waals surface area (Å²) in [5.41, 5.74) is 1.16. The predicted molar refractivity (Wildman–Crippen MR) is 77.2 cm³/mol. The highest BCUT2D eigenvalue weighted by Gasteiger charge is 2.19. The SMILES string of the molecule is CCc1c(Cl)ncnc1NCC(C)(C)CN(C)C. The Bertz CT molecular complexity index is 391. The summed E-state index contributed by atoms with van der Waals surface area (Å²) in [5.74, 6) is 0.851. The van der Waals surface area contributed by atoms with Crippen LogP contribution in [0.2, 0.25) is 5.15 Å². The Morgan fingerprint density at radius 3 is 2.56 bits per heavy atom. The van der Waals surface area contributed by atoms with Crippen molar-refractivity contribution in [3.63, 3.8) is 0 Å². The monoisotopic (exact) mass is 270 g/mol. The number of hydrogen-bond donors (Lipinski definition) is 1. The van der Waals surface area contributed by atoms with E-state index < -0.39 is 0 Å². The highest BCUT2D eigenvalue weighted by atomic mass is 35.5. The lowest BCUT2D eigenvalue weighted by Crippen LogP contribution is -2.34. The molecule has 0 saturated heterocycles. The third kappa shape index (κ3) is 4.42. The molecule has 0 atom stereocenters. The van der Waals surface area contributed by atoms with Gasteiger partial charge < -0.3 is 10.2 Å². The molecule has 0 saturated carbocycles. The largest absolute Gasteiger partial charge is 0.369 e. The van der Waals surface area contributed by atoms with Crippen molar-refractivity contribution in [2.75, 3.05) is 32.5 Å². The Kier molecular flexibility index (Phi) is 5.35. The standard InChI is InChI=1S/C13H23ClN4/c1-6-10-11(14)16-9-17-12(10)15-7-13(2,3)8-18(4)5/h9H,6-8H2,1-5H3,(H,15,16,17). The van der Waals surface area contributed by atoms with Crippen LogP contribution >= 0.6 is 11.6 Å². The van der Waals surface area contributed by atoms with Gasteiger partial charge in [0.25, 0.3) is 0 Å². The van der Waals surface area contributed by atoms with Crippen molar-refractivity contribution in [2.45, 2.75) is 27.2 Å². The van der Waals surface area contributed by atoms with Crippen LogP contribution in [-0.2, 0) is 6.42 Å². The van der Waals surface area contributed by atoms with E-state index in [1.807, 2.05) is 0 Å². The molecule has 0 bridgehead atoms. The highest BCUT2D eigenvalue weighted by molar-refractivity contribution is 6.30. The third-order valence-corrected chi connectivity index (χ3v) is 3.05. The summed E-state index contributed by atoms with van der Waals surface area (Å²) >= 11 is 6.06. The number of halogens is 1. The maximum absolute atomic E-state index is 6.06. The lowest BCUT2D eigenvalue weighted by atomic mass is 9.93. The van der Waals surface area contributed by atoms with Gasteiger partial charge in [0.1, 0.15) is 17.3 Å². The molecule has 5 heteroatoms. The average molecular weight is 271 g/mol. The predicted octanol–water partition coefficient (Wildman–Crippen LogP) is 2.69. The minimum absolute atomic E-state index is 0.173. The fourth-order valence-corrected chi connectivity index (χ4v) is 2.36. The molecule has 18 heavy (non-hydrogen) atoms. The van der Waals surface area contributed by atoms with Crippen molar-refractivity contribution in [2.24, 2.45) is 5.41 Å². The van der Waals surface area contributed by atoms with Gasteiger partial charge in [-0.05, 0) is 25.9 Å². The van der Waals surface area contributed by atoms with Gasteiger partial charge in [0.05, 0.1) is 0 Å². The summed E-state index contributed by atoms with van der Waals surface area (Å²) in [6.45, 7) is 8.38. The lowest BCUT2D eigenvalue weighted by Gasteiger charge is -2.29. The van der Waals surface area contributed by atoms with Gasteiger partial charge >= 0.3 is 0 Å². The Balaban J connectivity index is 2.71. The van der Waals surface area contributed by atoms with Gasteiger partial charge in [-0.3, -0.25) is 0 Å². The third-order valence-electron chi connectivity index (χ3n) is 2.72. The first kappa shape index (κ1) is 15.2. The molecule has 1 N–H and O–H groups in total. The van der Waals surface area contributed by atoms with Gasteiger partial charge in [-0.25, -0.2) is 9.97 Å². The van der Waals surface area contributed by atoms with Crippen molar-refractivity contribution in [1.82, 2.24) is 14.9 Å². The molecular formula is C13H23ClN4. The maximum Gasteiger partial charge on any atom is 0.137 e. The zero-order valence-electron chi connectivity index (χ0n) is 11.9. The molecule has 1 heterocycles. The van der Waals surface area contributed by atoms with Crippen molar-refractivity contribution in [3.05, 3.63) is 17.0 Å². The molecule has 0 radical (unpaired) electrons. The fraction of sp³-hybridized carbons (Fsp3) is 0.692. The summed E-state index contributed by atoms with van der Waals surface area (Å²) in [7, 11) is 4.17. The van der Waals surface area contributed by atoms with Crippen LogP contribution in [0.4, 0.5) is 5.82 Å². The van der Waals surface area contributed by atoms with E-state index in [2.05, 4.69) is 55.1 Å². The van der Waals surface area contributed by atoms with Gasteiger partial charge in [-0.15, -0.1) is 0 Å². The van der Waals surface area contributed by atoms with Crippen LogP contribution in [0.5, 0.6) is 0 Å².